The van der Waals surface area contributed by atoms with E-state index in [-0.39, 0.29) is 12.5 Å². The number of pyridine rings is 1. The fourth-order valence-corrected chi connectivity index (χ4v) is 1.89. The summed E-state index contributed by atoms with van der Waals surface area (Å²) in [4.78, 5) is 16.8. The van der Waals surface area contributed by atoms with Crippen LogP contribution in [0.1, 0.15) is 25.8 Å². The number of carbonyl (C=O) groups is 1. The van der Waals surface area contributed by atoms with E-state index in [0.717, 1.165) is 19.5 Å². The van der Waals surface area contributed by atoms with Crippen molar-refractivity contribution in [3.05, 3.63) is 30.1 Å². The number of aliphatic carboxylic acids is 1. The van der Waals surface area contributed by atoms with Gasteiger partial charge in [-0.05, 0) is 37.6 Å². The molecule has 0 saturated carbocycles. The van der Waals surface area contributed by atoms with E-state index in [1.54, 1.807) is 12.4 Å². The van der Waals surface area contributed by atoms with Gasteiger partial charge < -0.3 is 10.0 Å². The number of likely N-dealkylation sites (N-methyl/N-ethyl adjacent to an activating group) is 1. The van der Waals surface area contributed by atoms with Crippen molar-refractivity contribution in [1.29, 1.82) is 0 Å². The highest BCUT2D eigenvalue weighted by atomic mass is 16.4. The van der Waals surface area contributed by atoms with Gasteiger partial charge in [0, 0.05) is 25.0 Å². The van der Waals surface area contributed by atoms with Crippen molar-refractivity contribution in [2.24, 2.45) is 0 Å². The molecule has 0 saturated heterocycles. The molecule has 1 unspecified atom stereocenters. The molecule has 1 heterocycles. The maximum Gasteiger partial charge on any atom is 0.304 e. The maximum atomic E-state index is 10.7. The van der Waals surface area contributed by atoms with Crippen LogP contribution in [0.15, 0.2) is 24.5 Å². The molecule has 0 amide bonds. The second-order valence-electron chi connectivity index (χ2n) is 4.18. The number of rotatable bonds is 7. The smallest absolute Gasteiger partial charge is 0.304 e. The number of nitrogens with zero attached hydrogens (tertiary/aromatic N) is 2. The lowest BCUT2D eigenvalue weighted by atomic mass is 10.1. The van der Waals surface area contributed by atoms with Gasteiger partial charge in [0.2, 0.25) is 0 Å². The Morgan fingerprint density at radius 1 is 1.47 bits per heavy atom. The first-order valence-corrected chi connectivity index (χ1v) is 5.98. The molecule has 0 aliphatic carbocycles. The molecule has 94 valence electrons. The molecule has 0 aliphatic rings. The first kappa shape index (κ1) is 13.6. The van der Waals surface area contributed by atoms with E-state index >= 15 is 0 Å². The van der Waals surface area contributed by atoms with Crippen LogP contribution in [-0.2, 0) is 11.2 Å². The summed E-state index contributed by atoms with van der Waals surface area (Å²) in [5.74, 6) is -0.736. The number of hydrogen-bond acceptors (Lipinski definition) is 3. The van der Waals surface area contributed by atoms with E-state index in [2.05, 4.69) is 16.8 Å². The predicted octanol–water partition coefficient (Wildman–Crippen LogP) is 1.81. The van der Waals surface area contributed by atoms with Crippen LogP contribution in [0.3, 0.4) is 0 Å². The summed E-state index contributed by atoms with van der Waals surface area (Å²) < 4.78 is 0. The molecule has 0 fully saturated rings. The lowest BCUT2D eigenvalue weighted by Gasteiger charge is -2.26. The number of hydrogen-bond donors (Lipinski definition) is 1. The third-order valence-electron chi connectivity index (χ3n) is 2.94. The SMILES string of the molecule is CCN(CCc1ccncc1)C(C)CC(=O)O. The first-order chi connectivity index (χ1) is 8.13. The summed E-state index contributed by atoms with van der Waals surface area (Å²) in [7, 11) is 0. The third-order valence-corrected chi connectivity index (χ3v) is 2.94. The minimum absolute atomic E-state index is 0.0827. The van der Waals surface area contributed by atoms with Crippen molar-refractivity contribution in [2.75, 3.05) is 13.1 Å². The molecule has 4 heteroatoms. The summed E-state index contributed by atoms with van der Waals surface area (Å²) in [5.41, 5.74) is 1.24. The van der Waals surface area contributed by atoms with Crippen LogP contribution >= 0.6 is 0 Å². The molecule has 1 aromatic rings. The Morgan fingerprint density at radius 2 is 2.12 bits per heavy atom. The van der Waals surface area contributed by atoms with Crippen LogP contribution in [0.5, 0.6) is 0 Å². The first-order valence-electron chi connectivity index (χ1n) is 5.98. The van der Waals surface area contributed by atoms with Crippen LogP contribution in [0.2, 0.25) is 0 Å². The van der Waals surface area contributed by atoms with Gasteiger partial charge in [-0.25, -0.2) is 0 Å². The second kappa shape index (κ2) is 7.01. The Bertz CT molecular complexity index is 341. The molecule has 4 nitrogen and oxygen atoms in total. The Kier molecular flexibility index (Phi) is 5.63. The number of carboxylic acid groups (broad SMARTS) is 1. The zero-order chi connectivity index (χ0) is 12.7. The highest BCUT2D eigenvalue weighted by Gasteiger charge is 2.14. The fraction of sp³-hybridized carbons (Fsp3) is 0.538. The Labute approximate surface area is 102 Å². The average Bonchev–Trinajstić information content (AvgIpc) is 2.30. The average molecular weight is 236 g/mol. The number of aromatic nitrogens is 1. The summed E-state index contributed by atoms with van der Waals surface area (Å²) >= 11 is 0. The molecule has 0 radical (unpaired) electrons. The van der Waals surface area contributed by atoms with E-state index in [1.807, 2.05) is 19.1 Å². The van der Waals surface area contributed by atoms with E-state index in [4.69, 9.17) is 5.11 Å². The lowest BCUT2D eigenvalue weighted by molar-refractivity contribution is -0.138. The summed E-state index contributed by atoms with van der Waals surface area (Å²) in [5, 5.41) is 8.78. The molecule has 0 spiro atoms. The molecule has 0 aliphatic heterocycles. The van der Waals surface area contributed by atoms with Crippen molar-refractivity contribution < 1.29 is 9.90 Å². The summed E-state index contributed by atoms with van der Waals surface area (Å²) in [6.07, 6.45) is 4.70. The van der Waals surface area contributed by atoms with E-state index in [0.29, 0.717) is 0 Å². The Morgan fingerprint density at radius 3 is 2.65 bits per heavy atom. The molecule has 17 heavy (non-hydrogen) atoms. The van der Waals surface area contributed by atoms with Gasteiger partial charge in [0.15, 0.2) is 0 Å². The molecule has 1 atom stereocenters. The summed E-state index contributed by atoms with van der Waals surface area (Å²) in [6, 6.07) is 4.07. The van der Waals surface area contributed by atoms with Crippen LogP contribution < -0.4 is 0 Å². The Balaban J connectivity index is 2.44. The van der Waals surface area contributed by atoms with Gasteiger partial charge in [-0.15, -0.1) is 0 Å². The monoisotopic (exact) mass is 236 g/mol. The largest absolute Gasteiger partial charge is 0.481 e. The summed E-state index contributed by atoms with van der Waals surface area (Å²) in [6.45, 7) is 5.78. The normalized spacial score (nSPS) is 12.6. The predicted molar refractivity (Wildman–Crippen MR) is 66.9 cm³/mol. The topological polar surface area (TPSA) is 53.4 Å². The van der Waals surface area contributed by atoms with E-state index < -0.39 is 5.97 Å². The molecular weight excluding hydrogens is 216 g/mol. The molecule has 1 aromatic heterocycles. The van der Waals surface area contributed by atoms with Crippen molar-refractivity contribution in [3.8, 4) is 0 Å². The van der Waals surface area contributed by atoms with Crippen LogP contribution in [0.4, 0.5) is 0 Å². The van der Waals surface area contributed by atoms with Crippen LogP contribution in [0.25, 0.3) is 0 Å². The standard InChI is InChI=1S/C13H20N2O2/c1-3-15(11(2)10-13(16)17)9-6-12-4-7-14-8-5-12/h4-5,7-8,11H,3,6,9-10H2,1-2H3,(H,16,17). The van der Waals surface area contributed by atoms with Crippen LogP contribution in [0, 0.1) is 0 Å². The van der Waals surface area contributed by atoms with Crippen molar-refractivity contribution in [3.63, 3.8) is 0 Å². The molecule has 0 aromatic carbocycles. The van der Waals surface area contributed by atoms with Gasteiger partial charge in [0.1, 0.15) is 0 Å². The zero-order valence-electron chi connectivity index (χ0n) is 10.5. The highest BCUT2D eigenvalue weighted by Crippen LogP contribution is 2.06. The van der Waals surface area contributed by atoms with Gasteiger partial charge in [-0.2, -0.15) is 0 Å². The van der Waals surface area contributed by atoms with E-state index in [1.165, 1.54) is 5.56 Å². The molecule has 0 bridgehead atoms. The molecular formula is C13H20N2O2. The van der Waals surface area contributed by atoms with E-state index in [9.17, 15) is 4.79 Å². The van der Waals surface area contributed by atoms with Gasteiger partial charge in [-0.1, -0.05) is 6.92 Å². The van der Waals surface area contributed by atoms with Gasteiger partial charge in [-0.3, -0.25) is 9.78 Å². The minimum Gasteiger partial charge on any atom is -0.481 e. The number of carboxylic acids is 1. The van der Waals surface area contributed by atoms with Gasteiger partial charge >= 0.3 is 5.97 Å². The van der Waals surface area contributed by atoms with Crippen molar-refractivity contribution in [2.45, 2.75) is 32.7 Å². The third kappa shape index (κ3) is 4.95. The van der Waals surface area contributed by atoms with Crippen LogP contribution in [-0.4, -0.2) is 40.1 Å². The minimum atomic E-state index is -0.736. The van der Waals surface area contributed by atoms with Gasteiger partial charge in [0.25, 0.3) is 0 Å². The fourth-order valence-electron chi connectivity index (χ4n) is 1.89. The molecule has 1 rings (SSSR count). The van der Waals surface area contributed by atoms with Crippen molar-refractivity contribution >= 4 is 5.97 Å². The molecule has 1 N–H and O–H groups in total. The second-order valence-corrected chi connectivity index (χ2v) is 4.18. The van der Waals surface area contributed by atoms with Crippen molar-refractivity contribution in [1.82, 2.24) is 9.88 Å². The van der Waals surface area contributed by atoms with Gasteiger partial charge in [0.05, 0.1) is 6.42 Å². The highest BCUT2D eigenvalue weighted by molar-refractivity contribution is 5.67. The maximum absolute atomic E-state index is 10.7. The quantitative estimate of drug-likeness (QED) is 0.784. The zero-order valence-corrected chi connectivity index (χ0v) is 10.5. The lowest BCUT2D eigenvalue weighted by Crippen LogP contribution is -2.36. The Hall–Kier alpha value is -1.42.